The molecule has 0 amide bonds. The molecule has 0 unspecified atom stereocenters. The maximum absolute atomic E-state index is 13.7. The second kappa shape index (κ2) is 9.94. The molecule has 0 aliphatic heterocycles. The van der Waals surface area contributed by atoms with Crippen molar-refractivity contribution in [1.82, 2.24) is 0 Å². The molecule has 0 heterocycles. The van der Waals surface area contributed by atoms with E-state index in [1.54, 1.807) is 0 Å². The topological polar surface area (TPSA) is 78.9 Å². The quantitative estimate of drug-likeness (QED) is 0.162. The zero-order valence-corrected chi connectivity index (χ0v) is 26.5. The molecule has 0 aromatic rings. The number of ether oxygens (including phenoxy) is 2. The number of rotatable bonds is 5. The van der Waals surface area contributed by atoms with Crippen molar-refractivity contribution in [3.05, 3.63) is 24.8 Å². The van der Waals surface area contributed by atoms with Crippen LogP contribution in [0.5, 0.6) is 0 Å². The lowest BCUT2D eigenvalue weighted by Gasteiger charge is -2.36. The highest BCUT2D eigenvalue weighted by Crippen LogP contribution is 2.60. The molecule has 2 fully saturated rings. The summed E-state index contributed by atoms with van der Waals surface area (Å²) in [4.78, 5) is 40.9. The van der Waals surface area contributed by atoms with Crippen LogP contribution >= 0.6 is 0 Å². The van der Waals surface area contributed by atoms with E-state index in [1.165, 1.54) is 0 Å². The molecule has 7 heteroatoms. The van der Waals surface area contributed by atoms with Crippen molar-refractivity contribution in [3.63, 3.8) is 0 Å². The zero-order valence-electron chi connectivity index (χ0n) is 25.5. The Morgan fingerprint density at radius 3 is 1.84 bits per heavy atom. The van der Waals surface area contributed by atoms with Gasteiger partial charge in [0.15, 0.2) is 5.41 Å². The van der Waals surface area contributed by atoms with E-state index in [0.717, 1.165) is 0 Å². The molecule has 0 N–H and O–H groups in total. The highest BCUT2D eigenvalue weighted by Gasteiger charge is 2.63. The summed E-state index contributed by atoms with van der Waals surface area (Å²) in [5.41, 5.74) is -2.81. The number of carbonyl (C=O) groups is 3. The largest absolute Gasteiger partial charge is 0.519 e. The van der Waals surface area contributed by atoms with Crippen LogP contribution in [0.15, 0.2) is 24.8 Å². The summed E-state index contributed by atoms with van der Waals surface area (Å²) in [6.07, 6.45) is 7.63. The predicted molar refractivity (Wildman–Crippen MR) is 152 cm³/mol. The smallest absolute Gasteiger partial charge is 0.324 e. The van der Waals surface area contributed by atoms with E-state index in [2.05, 4.69) is 52.6 Å². The molecule has 0 bridgehead atoms. The molecule has 3 aliphatic rings. The second-order valence-electron chi connectivity index (χ2n) is 15.3. The summed E-state index contributed by atoms with van der Waals surface area (Å²) in [5.74, 6) is -1.09. The Morgan fingerprint density at radius 1 is 0.868 bits per heavy atom. The van der Waals surface area contributed by atoms with E-state index in [9.17, 15) is 14.4 Å². The van der Waals surface area contributed by atoms with Gasteiger partial charge in [0.05, 0.1) is 5.92 Å². The first kappa shape index (κ1) is 30.6. The van der Waals surface area contributed by atoms with Crippen LogP contribution in [0.1, 0.15) is 81.6 Å². The molecule has 3 rings (SSSR count). The second-order valence-corrected chi connectivity index (χ2v) is 20.0. The fourth-order valence-corrected chi connectivity index (χ4v) is 7.22. The van der Waals surface area contributed by atoms with E-state index in [-0.39, 0.29) is 46.5 Å². The van der Waals surface area contributed by atoms with E-state index in [4.69, 9.17) is 13.9 Å². The SMILES string of the molecule is C=C[C@H]1[C@@H]2C=C[C@@H]3CC(C(=O)OC(C)(C)C)(C(=O)OC(C)(C)C)C[C@H]3[C@H]2C[C@H]1C(=O)O[Si](C)(C)C(C)(C)C. The fraction of sp³-hybridized carbons (Fsp3) is 0.774. The average Bonchev–Trinajstić information content (AvgIpc) is 3.29. The summed E-state index contributed by atoms with van der Waals surface area (Å²) >= 11 is 0. The van der Waals surface area contributed by atoms with Crippen molar-refractivity contribution in [3.8, 4) is 0 Å². The third kappa shape index (κ3) is 5.97. The first-order valence-electron chi connectivity index (χ1n) is 14.1. The van der Waals surface area contributed by atoms with E-state index in [0.29, 0.717) is 19.3 Å². The number of carbonyl (C=O) groups excluding carboxylic acids is 3. The minimum Gasteiger partial charge on any atom is -0.519 e. The van der Waals surface area contributed by atoms with Crippen molar-refractivity contribution in [1.29, 1.82) is 0 Å². The molecule has 2 saturated carbocycles. The van der Waals surface area contributed by atoms with Gasteiger partial charge in [-0.25, -0.2) is 0 Å². The summed E-state index contributed by atoms with van der Waals surface area (Å²) < 4.78 is 17.9. The van der Waals surface area contributed by atoms with E-state index in [1.807, 2.05) is 47.6 Å². The lowest BCUT2D eigenvalue weighted by atomic mass is 9.71. The predicted octanol–water partition coefficient (Wildman–Crippen LogP) is 6.86. The van der Waals surface area contributed by atoms with Crippen LogP contribution < -0.4 is 0 Å². The van der Waals surface area contributed by atoms with Crippen molar-refractivity contribution in [2.24, 2.45) is 40.9 Å². The van der Waals surface area contributed by atoms with Gasteiger partial charge in [0, 0.05) is 0 Å². The Bertz CT molecular complexity index is 961. The van der Waals surface area contributed by atoms with Gasteiger partial charge in [0.2, 0.25) is 0 Å². The van der Waals surface area contributed by atoms with E-state index >= 15 is 0 Å². The van der Waals surface area contributed by atoms with Crippen molar-refractivity contribution < 1.29 is 28.3 Å². The number of allylic oxidation sites excluding steroid dienone is 3. The van der Waals surface area contributed by atoms with Gasteiger partial charge in [0.25, 0.3) is 14.3 Å². The van der Waals surface area contributed by atoms with Crippen LogP contribution in [0.3, 0.4) is 0 Å². The summed E-state index contributed by atoms with van der Waals surface area (Å²) in [6, 6.07) is 0. The highest BCUT2D eigenvalue weighted by atomic mass is 28.4. The standard InChI is InChI=1S/C31H50O6Si/c1-13-20-21-15-14-19-17-31(26(33)35-28(2,3)4,27(34)36-29(5,6)7)18-24(19)22(21)16-23(20)25(32)37-38(11,12)30(8,9)10/h13-15,19-24H,1,16-18H2,2-12H3/t19-,20+,21+,22+,23-,24-/m1/s1. The maximum Gasteiger partial charge on any atom is 0.324 e. The molecule has 6 atom stereocenters. The minimum atomic E-state index is -2.28. The van der Waals surface area contributed by atoms with Crippen molar-refractivity contribution in [2.75, 3.05) is 0 Å². The molecule has 0 saturated heterocycles. The van der Waals surface area contributed by atoms with Crippen LogP contribution in [-0.4, -0.2) is 37.4 Å². The Morgan fingerprint density at radius 2 is 1.39 bits per heavy atom. The maximum atomic E-state index is 13.7. The summed E-state index contributed by atoms with van der Waals surface area (Å²) in [6.45, 7) is 25.6. The monoisotopic (exact) mass is 546 g/mol. The molecule has 0 spiro atoms. The molecule has 0 radical (unpaired) electrons. The lowest BCUT2D eigenvalue weighted by molar-refractivity contribution is -0.185. The third-order valence-corrected chi connectivity index (χ3v) is 13.4. The van der Waals surface area contributed by atoms with Gasteiger partial charge in [-0.3, -0.25) is 14.4 Å². The van der Waals surface area contributed by atoms with Gasteiger partial charge in [-0.2, -0.15) is 0 Å². The average molecular weight is 547 g/mol. The molecule has 3 aliphatic carbocycles. The van der Waals surface area contributed by atoms with E-state index < -0.39 is 36.9 Å². The first-order valence-corrected chi connectivity index (χ1v) is 17.0. The third-order valence-electron chi connectivity index (χ3n) is 9.09. The molecular formula is C31H50O6Si. The number of esters is 2. The Hall–Kier alpha value is -1.89. The summed E-state index contributed by atoms with van der Waals surface area (Å²) in [5, 5.41) is -0.0748. The number of hydrogen-bond donors (Lipinski definition) is 0. The molecule has 0 aromatic heterocycles. The van der Waals surface area contributed by atoms with Crippen LogP contribution in [0.4, 0.5) is 0 Å². The molecule has 0 aromatic carbocycles. The zero-order chi connectivity index (χ0) is 29.1. The molecule has 38 heavy (non-hydrogen) atoms. The normalized spacial score (nSPS) is 30.7. The Kier molecular flexibility index (Phi) is 8.01. The number of hydrogen-bond acceptors (Lipinski definition) is 6. The minimum absolute atomic E-state index is 0.0347. The van der Waals surface area contributed by atoms with Gasteiger partial charge in [0.1, 0.15) is 11.2 Å². The summed E-state index contributed by atoms with van der Waals surface area (Å²) in [7, 11) is -2.28. The van der Waals surface area contributed by atoms with Crippen LogP contribution in [-0.2, 0) is 28.3 Å². The fourth-order valence-electron chi connectivity index (χ4n) is 6.26. The first-order chi connectivity index (χ1) is 17.1. The molecular weight excluding hydrogens is 496 g/mol. The van der Waals surface area contributed by atoms with Crippen LogP contribution in [0, 0.1) is 40.9 Å². The van der Waals surface area contributed by atoms with Crippen LogP contribution in [0.25, 0.3) is 0 Å². The van der Waals surface area contributed by atoms with Crippen molar-refractivity contribution in [2.45, 2.75) is 111 Å². The molecule has 214 valence electrons. The Labute approximate surface area is 231 Å². The van der Waals surface area contributed by atoms with Gasteiger partial charge in [-0.1, -0.05) is 39.0 Å². The van der Waals surface area contributed by atoms with Gasteiger partial charge >= 0.3 is 11.9 Å². The van der Waals surface area contributed by atoms with Gasteiger partial charge in [-0.05, 0) is 109 Å². The lowest BCUT2D eigenvalue weighted by Crippen LogP contribution is -2.45. The Balaban J connectivity index is 1.92. The highest BCUT2D eigenvalue weighted by molar-refractivity contribution is 6.75. The van der Waals surface area contributed by atoms with Gasteiger partial charge in [-0.15, -0.1) is 6.58 Å². The van der Waals surface area contributed by atoms with Crippen LogP contribution in [0.2, 0.25) is 18.1 Å². The van der Waals surface area contributed by atoms with Gasteiger partial charge < -0.3 is 13.9 Å². The van der Waals surface area contributed by atoms with Crippen molar-refractivity contribution >= 4 is 26.2 Å². The number of fused-ring (bicyclic) bond motifs is 3. The molecule has 6 nitrogen and oxygen atoms in total.